The highest BCUT2D eigenvalue weighted by Crippen LogP contribution is 2.29. The van der Waals surface area contributed by atoms with Crippen molar-refractivity contribution in [2.75, 3.05) is 31.6 Å². The van der Waals surface area contributed by atoms with E-state index in [-0.39, 0.29) is 44.2 Å². The standard InChI is InChI=1S/C18H21N3O6/c1-27-13-5-2-4-12(10-13)21-17(25)14-11-19(8-9-20(14)18(21)26)15(22)6-3-7-16(23)24/h2,4-5,10,14H,3,6-9,11H2,1H3,(H,23,24)/t14-/m1/s1. The van der Waals surface area contributed by atoms with Crippen molar-refractivity contribution in [3.05, 3.63) is 24.3 Å². The van der Waals surface area contributed by atoms with Crippen molar-refractivity contribution in [1.82, 2.24) is 9.80 Å². The molecule has 0 unspecified atom stereocenters. The van der Waals surface area contributed by atoms with Gasteiger partial charge in [-0.3, -0.25) is 14.4 Å². The van der Waals surface area contributed by atoms with Crippen molar-refractivity contribution in [2.24, 2.45) is 0 Å². The van der Waals surface area contributed by atoms with Gasteiger partial charge in [0.1, 0.15) is 11.8 Å². The molecule has 1 aromatic carbocycles. The first-order valence-electron chi connectivity index (χ1n) is 8.70. The van der Waals surface area contributed by atoms with Gasteiger partial charge in [0.2, 0.25) is 5.91 Å². The summed E-state index contributed by atoms with van der Waals surface area (Å²) in [6.07, 6.45) is 0.290. The summed E-state index contributed by atoms with van der Waals surface area (Å²) in [5.41, 5.74) is 0.429. The zero-order chi connectivity index (χ0) is 19.6. The van der Waals surface area contributed by atoms with Crippen molar-refractivity contribution in [2.45, 2.75) is 25.3 Å². The summed E-state index contributed by atoms with van der Waals surface area (Å²) in [6.45, 7) is 0.713. The summed E-state index contributed by atoms with van der Waals surface area (Å²) in [5, 5.41) is 8.67. The first kappa shape index (κ1) is 18.7. The Hall–Kier alpha value is -3.10. The molecule has 0 bridgehead atoms. The number of hydrogen-bond acceptors (Lipinski definition) is 5. The molecule has 0 spiro atoms. The van der Waals surface area contributed by atoms with Gasteiger partial charge in [0.05, 0.1) is 19.3 Å². The topological polar surface area (TPSA) is 107 Å². The summed E-state index contributed by atoms with van der Waals surface area (Å²) in [7, 11) is 1.50. The number of carboxylic acids is 1. The molecule has 0 aliphatic carbocycles. The normalized spacial score (nSPS) is 19.3. The van der Waals surface area contributed by atoms with Crippen LogP contribution in [0.4, 0.5) is 10.5 Å². The molecule has 9 nitrogen and oxygen atoms in total. The average molecular weight is 375 g/mol. The number of amides is 4. The highest BCUT2D eigenvalue weighted by Gasteiger charge is 2.48. The van der Waals surface area contributed by atoms with Gasteiger partial charge in [0.15, 0.2) is 0 Å². The Morgan fingerprint density at radius 2 is 2.00 bits per heavy atom. The van der Waals surface area contributed by atoms with E-state index >= 15 is 0 Å². The number of imide groups is 1. The van der Waals surface area contributed by atoms with Gasteiger partial charge in [-0.1, -0.05) is 6.07 Å². The molecular formula is C18H21N3O6. The number of carbonyl (C=O) groups excluding carboxylic acids is 3. The van der Waals surface area contributed by atoms with E-state index in [2.05, 4.69) is 0 Å². The van der Waals surface area contributed by atoms with Gasteiger partial charge in [-0.25, -0.2) is 9.69 Å². The number of nitrogens with zero attached hydrogens (tertiary/aromatic N) is 3. The summed E-state index contributed by atoms with van der Waals surface area (Å²) < 4.78 is 5.15. The molecular weight excluding hydrogens is 354 g/mol. The van der Waals surface area contributed by atoms with Crippen LogP contribution in [-0.4, -0.2) is 71.5 Å². The van der Waals surface area contributed by atoms with Crippen LogP contribution in [0, 0.1) is 0 Å². The van der Waals surface area contributed by atoms with E-state index in [0.29, 0.717) is 18.0 Å². The zero-order valence-electron chi connectivity index (χ0n) is 15.0. The van der Waals surface area contributed by atoms with Gasteiger partial charge >= 0.3 is 12.0 Å². The van der Waals surface area contributed by atoms with Crippen LogP contribution < -0.4 is 9.64 Å². The third-order valence-corrected chi connectivity index (χ3v) is 4.77. The van der Waals surface area contributed by atoms with Gasteiger partial charge in [-0.05, 0) is 18.6 Å². The quantitative estimate of drug-likeness (QED) is 0.741. The van der Waals surface area contributed by atoms with Crippen LogP contribution in [0.2, 0.25) is 0 Å². The zero-order valence-corrected chi connectivity index (χ0v) is 15.0. The Kier molecular flexibility index (Phi) is 5.29. The Balaban J connectivity index is 1.70. The Labute approximate surface area is 156 Å². The summed E-state index contributed by atoms with van der Waals surface area (Å²) in [4.78, 5) is 52.5. The number of methoxy groups -OCH3 is 1. The second kappa shape index (κ2) is 7.65. The van der Waals surface area contributed by atoms with Crippen molar-refractivity contribution in [3.63, 3.8) is 0 Å². The van der Waals surface area contributed by atoms with Crippen molar-refractivity contribution in [3.8, 4) is 5.75 Å². The number of piperazine rings is 1. The minimum Gasteiger partial charge on any atom is -0.497 e. The lowest BCUT2D eigenvalue weighted by molar-refractivity contribution is -0.137. The van der Waals surface area contributed by atoms with E-state index < -0.39 is 18.0 Å². The molecule has 9 heteroatoms. The highest BCUT2D eigenvalue weighted by atomic mass is 16.5. The fourth-order valence-electron chi connectivity index (χ4n) is 3.36. The molecule has 3 rings (SSSR count). The minimum atomic E-state index is -0.946. The number of anilines is 1. The second-order valence-corrected chi connectivity index (χ2v) is 6.45. The molecule has 2 saturated heterocycles. The maximum atomic E-state index is 12.8. The first-order chi connectivity index (χ1) is 12.9. The van der Waals surface area contributed by atoms with Crippen LogP contribution in [-0.2, 0) is 14.4 Å². The molecule has 144 valence electrons. The lowest BCUT2D eigenvalue weighted by Crippen LogP contribution is -2.54. The lowest BCUT2D eigenvalue weighted by Gasteiger charge is -2.35. The fourth-order valence-corrected chi connectivity index (χ4v) is 3.36. The molecule has 0 saturated carbocycles. The van der Waals surface area contributed by atoms with E-state index in [1.165, 1.54) is 16.9 Å². The fraction of sp³-hybridized carbons (Fsp3) is 0.444. The van der Waals surface area contributed by atoms with Crippen LogP contribution in [0.15, 0.2) is 24.3 Å². The highest BCUT2D eigenvalue weighted by molar-refractivity contribution is 6.21. The molecule has 0 aromatic heterocycles. The smallest absolute Gasteiger partial charge is 0.332 e. The summed E-state index contributed by atoms with van der Waals surface area (Å²) >= 11 is 0. The molecule has 2 fully saturated rings. The molecule has 2 aliphatic rings. The number of carbonyl (C=O) groups is 4. The van der Waals surface area contributed by atoms with Crippen molar-refractivity contribution >= 4 is 29.5 Å². The Morgan fingerprint density at radius 3 is 2.70 bits per heavy atom. The largest absolute Gasteiger partial charge is 0.497 e. The van der Waals surface area contributed by atoms with E-state index in [0.717, 1.165) is 4.90 Å². The molecule has 1 atom stereocenters. The molecule has 2 aliphatic heterocycles. The third kappa shape index (κ3) is 3.71. The van der Waals surface area contributed by atoms with Gasteiger partial charge in [0, 0.05) is 32.0 Å². The van der Waals surface area contributed by atoms with Crippen LogP contribution in [0.1, 0.15) is 19.3 Å². The van der Waals surface area contributed by atoms with Crippen LogP contribution in [0.5, 0.6) is 5.75 Å². The minimum absolute atomic E-state index is 0.0732. The molecule has 0 radical (unpaired) electrons. The van der Waals surface area contributed by atoms with Gasteiger partial charge in [-0.2, -0.15) is 0 Å². The van der Waals surface area contributed by atoms with Gasteiger partial charge in [-0.15, -0.1) is 0 Å². The van der Waals surface area contributed by atoms with E-state index in [9.17, 15) is 19.2 Å². The Morgan fingerprint density at radius 1 is 1.22 bits per heavy atom. The van der Waals surface area contributed by atoms with Crippen molar-refractivity contribution < 1.29 is 29.0 Å². The van der Waals surface area contributed by atoms with Crippen LogP contribution in [0.25, 0.3) is 0 Å². The van der Waals surface area contributed by atoms with E-state index in [1.807, 2.05) is 0 Å². The SMILES string of the molecule is COc1cccc(N2C(=O)[C@H]3CN(C(=O)CCCC(=O)O)CCN3C2=O)c1. The molecule has 1 N–H and O–H groups in total. The maximum Gasteiger partial charge on any atom is 0.332 e. The number of benzene rings is 1. The molecule has 1 aromatic rings. The van der Waals surface area contributed by atoms with Crippen LogP contribution in [0.3, 0.4) is 0 Å². The Bertz CT molecular complexity index is 780. The number of rotatable bonds is 6. The number of ether oxygens (including phenoxy) is 1. The maximum absolute atomic E-state index is 12.8. The second-order valence-electron chi connectivity index (χ2n) is 6.45. The predicted molar refractivity (Wildman–Crippen MR) is 94.4 cm³/mol. The third-order valence-electron chi connectivity index (χ3n) is 4.77. The number of fused-ring (bicyclic) bond motifs is 1. The number of hydrogen-bond donors (Lipinski definition) is 1. The summed E-state index contributed by atoms with van der Waals surface area (Å²) in [5.74, 6) is -0.987. The first-order valence-corrected chi connectivity index (χ1v) is 8.70. The van der Waals surface area contributed by atoms with Gasteiger partial charge < -0.3 is 19.6 Å². The number of aliphatic carboxylic acids is 1. The van der Waals surface area contributed by atoms with Crippen molar-refractivity contribution in [1.29, 1.82) is 0 Å². The number of urea groups is 1. The van der Waals surface area contributed by atoms with Crippen LogP contribution >= 0.6 is 0 Å². The van der Waals surface area contributed by atoms with E-state index in [4.69, 9.17) is 9.84 Å². The van der Waals surface area contributed by atoms with Gasteiger partial charge in [0.25, 0.3) is 5.91 Å². The average Bonchev–Trinajstić information content (AvgIpc) is 2.91. The number of carboxylic acid groups (broad SMARTS) is 1. The summed E-state index contributed by atoms with van der Waals surface area (Å²) in [6, 6.07) is 5.57. The van der Waals surface area contributed by atoms with E-state index in [1.54, 1.807) is 24.3 Å². The predicted octanol–water partition coefficient (Wildman–Crippen LogP) is 0.929. The lowest BCUT2D eigenvalue weighted by atomic mass is 10.1. The molecule has 4 amide bonds. The monoisotopic (exact) mass is 375 g/mol. The molecule has 2 heterocycles. The molecule has 27 heavy (non-hydrogen) atoms.